The van der Waals surface area contributed by atoms with Crippen LogP contribution in [0.15, 0.2) is 66.9 Å². The van der Waals surface area contributed by atoms with Gasteiger partial charge in [0.05, 0.1) is 5.69 Å². The first-order valence-electron chi connectivity index (χ1n) is 10.9. The van der Waals surface area contributed by atoms with Crippen LogP contribution in [0.2, 0.25) is 0 Å². The zero-order chi connectivity index (χ0) is 26.8. The van der Waals surface area contributed by atoms with Crippen molar-refractivity contribution >= 4 is 11.9 Å². The summed E-state index contributed by atoms with van der Waals surface area (Å²) in [5.74, 6) is -13.6. The van der Waals surface area contributed by atoms with Crippen LogP contribution in [0.5, 0.6) is 11.5 Å². The summed E-state index contributed by atoms with van der Waals surface area (Å²) >= 11 is 0. The van der Waals surface area contributed by atoms with E-state index in [-0.39, 0.29) is 23.9 Å². The number of alkyl halides is 7. The van der Waals surface area contributed by atoms with E-state index in [2.05, 4.69) is 9.97 Å². The summed E-state index contributed by atoms with van der Waals surface area (Å²) in [5.41, 5.74) is 1.23. The molecule has 0 N–H and O–H groups in total. The number of carbonyl (C=O) groups is 1. The lowest BCUT2D eigenvalue weighted by molar-refractivity contribution is -0.346. The molecular formula is C24H19F7N4O2. The number of piperazine rings is 1. The maximum absolute atomic E-state index is 13.8. The fourth-order valence-electron chi connectivity index (χ4n) is 3.60. The quantitative estimate of drug-likeness (QED) is 0.400. The Morgan fingerprint density at radius 2 is 1.38 bits per heavy atom. The van der Waals surface area contributed by atoms with Gasteiger partial charge < -0.3 is 14.5 Å². The number of hydrogen-bond donors (Lipinski definition) is 0. The van der Waals surface area contributed by atoms with Gasteiger partial charge in [0.2, 0.25) is 5.95 Å². The second-order valence-electron chi connectivity index (χ2n) is 8.11. The van der Waals surface area contributed by atoms with E-state index < -0.39 is 37.0 Å². The Kier molecular flexibility index (Phi) is 6.98. The Bertz CT molecular complexity index is 1230. The van der Waals surface area contributed by atoms with Gasteiger partial charge in [0.15, 0.2) is 0 Å². The van der Waals surface area contributed by atoms with Crippen molar-refractivity contribution in [2.24, 2.45) is 0 Å². The van der Waals surface area contributed by atoms with Crippen LogP contribution in [-0.2, 0) is 4.79 Å². The summed E-state index contributed by atoms with van der Waals surface area (Å²) in [5, 5.41) is 0. The molecule has 1 saturated heterocycles. The van der Waals surface area contributed by atoms with Gasteiger partial charge in [-0.05, 0) is 42.5 Å². The lowest BCUT2D eigenvalue weighted by atomic mass is 10.1. The van der Waals surface area contributed by atoms with Crippen LogP contribution in [-0.4, -0.2) is 65.0 Å². The van der Waals surface area contributed by atoms with E-state index in [0.717, 1.165) is 0 Å². The Morgan fingerprint density at radius 1 is 0.784 bits per heavy atom. The minimum Gasteiger partial charge on any atom is -0.457 e. The van der Waals surface area contributed by atoms with Crippen LogP contribution < -0.4 is 9.64 Å². The fraction of sp³-hybridized carbons (Fsp3) is 0.292. The SMILES string of the molecule is O=C(N1CCN(c2nccc(-c3ccc(Oc4ccccc4)cc3)n2)CC1)C(F)(F)C(F)(F)C(F)(F)F. The topological polar surface area (TPSA) is 58.6 Å². The molecule has 37 heavy (non-hydrogen) atoms. The highest BCUT2D eigenvalue weighted by molar-refractivity contribution is 5.85. The molecule has 0 spiro atoms. The van der Waals surface area contributed by atoms with Gasteiger partial charge in [-0.15, -0.1) is 0 Å². The van der Waals surface area contributed by atoms with Crippen molar-refractivity contribution in [1.82, 2.24) is 14.9 Å². The largest absolute Gasteiger partial charge is 0.460 e. The van der Waals surface area contributed by atoms with E-state index in [9.17, 15) is 35.5 Å². The van der Waals surface area contributed by atoms with E-state index in [1.54, 1.807) is 42.5 Å². The fourth-order valence-corrected chi connectivity index (χ4v) is 3.60. The van der Waals surface area contributed by atoms with Crippen molar-refractivity contribution in [3.05, 3.63) is 66.9 Å². The molecule has 2 aromatic carbocycles. The van der Waals surface area contributed by atoms with Crippen LogP contribution >= 0.6 is 0 Å². The van der Waals surface area contributed by atoms with Gasteiger partial charge in [-0.1, -0.05) is 18.2 Å². The zero-order valence-corrected chi connectivity index (χ0v) is 18.9. The third-order valence-electron chi connectivity index (χ3n) is 5.64. The Hall–Kier alpha value is -3.90. The molecule has 0 radical (unpaired) electrons. The maximum Gasteiger partial charge on any atom is 0.460 e. The third-order valence-corrected chi connectivity index (χ3v) is 5.64. The van der Waals surface area contributed by atoms with Crippen LogP contribution in [0.1, 0.15) is 0 Å². The number of ether oxygens (including phenoxy) is 1. The molecule has 0 saturated carbocycles. The van der Waals surface area contributed by atoms with E-state index in [0.29, 0.717) is 22.8 Å². The first kappa shape index (κ1) is 26.2. The maximum atomic E-state index is 13.8. The highest BCUT2D eigenvalue weighted by Crippen LogP contribution is 2.47. The van der Waals surface area contributed by atoms with E-state index in [1.165, 1.54) is 11.1 Å². The molecule has 1 fully saturated rings. The zero-order valence-electron chi connectivity index (χ0n) is 18.9. The summed E-state index contributed by atoms with van der Waals surface area (Å²) < 4.78 is 97.0. The molecule has 1 aliphatic rings. The molecule has 4 rings (SSSR count). The number of carbonyl (C=O) groups excluding carboxylic acids is 1. The van der Waals surface area contributed by atoms with Crippen molar-refractivity contribution in [3.63, 3.8) is 0 Å². The monoisotopic (exact) mass is 528 g/mol. The summed E-state index contributed by atoms with van der Waals surface area (Å²) in [6.45, 7) is -1.32. The molecule has 0 atom stereocenters. The molecule has 6 nitrogen and oxygen atoms in total. The predicted octanol–water partition coefficient (Wildman–Crippen LogP) is 5.42. The molecule has 0 bridgehead atoms. The molecule has 3 aromatic rings. The second-order valence-corrected chi connectivity index (χ2v) is 8.11. The molecule has 196 valence electrons. The standard InChI is InChI=1S/C24H19F7N4O2/c25-22(26,23(27,28)24(29,30)31)20(36)34-12-14-35(15-13-34)21-32-11-10-19(33-21)16-6-8-18(9-7-16)37-17-4-2-1-3-5-17/h1-11H,12-15H2. The van der Waals surface area contributed by atoms with Crippen molar-refractivity contribution in [1.29, 1.82) is 0 Å². The molecular weight excluding hydrogens is 509 g/mol. The van der Waals surface area contributed by atoms with Gasteiger partial charge in [-0.25, -0.2) is 9.97 Å². The second kappa shape index (κ2) is 9.87. The number of rotatable bonds is 6. The number of aromatic nitrogens is 2. The Morgan fingerprint density at radius 3 is 1.97 bits per heavy atom. The molecule has 1 aliphatic heterocycles. The van der Waals surface area contributed by atoms with E-state index in [4.69, 9.17) is 4.74 Å². The minimum atomic E-state index is -6.58. The van der Waals surface area contributed by atoms with Gasteiger partial charge in [-0.2, -0.15) is 30.7 Å². The first-order valence-corrected chi connectivity index (χ1v) is 10.9. The van der Waals surface area contributed by atoms with Gasteiger partial charge >= 0.3 is 18.0 Å². The van der Waals surface area contributed by atoms with Gasteiger partial charge in [-0.3, -0.25) is 4.79 Å². The molecule has 0 unspecified atom stereocenters. The average Bonchev–Trinajstić information content (AvgIpc) is 2.89. The molecule has 13 heteroatoms. The normalized spacial score (nSPS) is 15.0. The number of hydrogen-bond acceptors (Lipinski definition) is 5. The smallest absolute Gasteiger partial charge is 0.457 e. The highest BCUT2D eigenvalue weighted by Gasteiger charge is 2.76. The summed E-state index contributed by atoms with van der Waals surface area (Å²) in [6, 6.07) is 17.8. The van der Waals surface area contributed by atoms with Crippen LogP contribution in [0.25, 0.3) is 11.3 Å². The van der Waals surface area contributed by atoms with Crippen molar-refractivity contribution in [3.8, 4) is 22.8 Å². The first-order chi connectivity index (χ1) is 17.4. The van der Waals surface area contributed by atoms with Crippen molar-refractivity contribution in [2.45, 2.75) is 18.0 Å². The molecule has 1 amide bonds. The Labute approximate surface area is 206 Å². The average molecular weight is 528 g/mol. The lowest BCUT2D eigenvalue weighted by Crippen LogP contribution is -2.62. The molecule has 2 heterocycles. The number of anilines is 1. The number of nitrogens with zero attached hydrogens (tertiary/aromatic N) is 4. The highest BCUT2D eigenvalue weighted by atomic mass is 19.4. The molecule has 0 aliphatic carbocycles. The summed E-state index contributed by atoms with van der Waals surface area (Å²) in [6.07, 6.45) is -5.12. The molecule has 1 aromatic heterocycles. The predicted molar refractivity (Wildman–Crippen MR) is 119 cm³/mol. The van der Waals surface area contributed by atoms with Crippen LogP contribution in [0.4, 0.5) is 36.7 Å². The van der Waals surface area contributed by atoms with Gasteiger partial charge in [0.25, 0.3) is 5.91 Å². The summed E-state index contributed by atoms with van der Waals surface area (Å²) in [7, 11) is 0. The Balaban J connectivity index is 1.41. The summed E-state index contributed by atoms with van der Waals surface area (Å²) in [4.78, 5) is 22.2. The lowest BCUT2D eigenvalue weighted by Gasteiger charge is -2.37. The van der Waals surface area contributed by atoms with Gasteiger partial charge in [0.1, 0.15) is 11.5 Å². The van der Waals surface area contributed by atoms with E-state index in [1.807, 2.05) is 18.2 Å². The van der Waals surface area contributed by atoms with Crippen molar-refractivity contribution in [2.75, 3.05) is 31.1 Å². The minimum absolute atomic E-state index is 0.146. The van der Waals surface area contributed by atoms with Crippen LogP contribution in [0.3, 0.4) is 0 Å². The number of amides is 1. The van der Waals surface area contributed by atoms with Crippen molar-refractivity contribution < 1.29 is 40.3 Å². The van der Waals surface area contributed by atoms with Crippen LogP contribution in [0, 0.1) is 0 Å². The van der Waals surface area contributed by atoms with Gasteiger partial charge in [0, 0.05) is 37.9 Å². The number of benzene rings is 2. The number of halogens is 7. The third kappa shape index (κ3) is 5.30. The van der Waals surface area contributed by atoms with E-state index >= 15 is 0 Å². The number of para-hydroxylation sites is 1.